The molecule has 3 heteroatoms. The molecule has 19 heavy (non-hydrogen) atoms. The van der Waals surface area contributed by atoms with Gasteiger partial charge >= 0.3 is 0 Å². The summed E-state index contributed by atoms with van der Waals surface area (Å²) in [6.45, 7) is 1.95. The molecule has 0 bridgehead atoms. The molecule has 0 saturated heterocycles. The number of rotatable bonds is 6. The van der Waals surface area contributed by atoms with Gasteiger partial charge < -0.3 is 10.4 Å². The first-order valence-electron chi connectivity index (χ1n) is 6.42. The fourth-order valence-electron chi connectivity index (χ4n) is 1.92. The Kier molecular flexibility index (Phi) is 5.58. The smallest absolute Gasteiger partial charge is 0.0681 e. The van der Waals surface area contributed by atoms with Crippen LogP contribution in [0.1, 0.15) is 16.7 Å². The minimum Gasteiger partial charge on any atom is -0.392 e. The Balaban J connectivity index is 1.74. The summed E-state index contributed by atoms with van der Waals surface area (Å²) in [6, 6.07) is 16.4. The van der Waals surface area contributed by atoms with Gasteiger partial charge in [-0.15, -0.1) is 0 Å². The molecule has 0 atom stereocenters. The highest BCUT2D eigenvalue weighted by Gasteiger charge is 1.96. The Bertz CT molecular complexity index is 510. The van der Waals surface area contributed by atoms with Gasteiger partial charge in [-0.25, -0.2) is 0 Å². The predicted molar refractivity (Wildman–Crippen MR) is 81.9 cm³/mol. The van der Waals surface area contributed by atoms with Gasteiger partial charge in [-0.2, -0.15) is 0 Å². The Morgan fingerprint density at radius 3 is 2.37 bits per heavy atom. The Hall–Kier alpha value is -1.16. The molecule has 0 fully saturated rings. The van der Waals surface area contributed by atoms with Gasteiger partial charge in [0.2, 0.25) is 0 Å². The summed E-state index contributed by atoms with van der Waals surface area (Å²) in [7, 11) is 0. The third-order valence-electron chi connectivity index (χ3n) is 3.01. The van der Waals surface area contributed by atoms with Crippen molar-refractivity contribution >= 4 is 15.9 Å². The van der Waals surface area contributed by atoms with Crippen molar-refractivity contribution < 1.29 is 5.11 Å². The first-order chi connectivity index (χ1) is 9.28. The average Bonchev–Trinajstić information content (AvgIpc) is 2.44. The maximum absolute atomic E-state index is 8.97. The van der Waals surface area contributed by atoms with E-state index in [2.05, 4.69) is 51.6 Å². The van der Waals surface area contributed by atoms with Crippen LogP contribution in [0.15, 0.2) is 53.0 Å². The molecule has 2 aromatic rings. The lowest BCUT2D eigenvalue weighted by Crippen LogP contribution is -2.16. The zero-order chi connectivity index (χ0) is 13.5. The third-order valence-corrected chi connectivity index (χ3v) is 3.51. The molecule has 0 aliphatic carbocycles. The van der Waals surface area contributed by atoms with Crippen molar-refractivity contribution in [2.45, 2.75) is 19.6 Å². The maximum atomic E-state index is 8.97. The first kappa shape index (κ1) is 14.3. The van der Waals surface area contributed by atoms with Gasteiger partial charge in [-0.3, -0.25) is 0 Å². The van der Waals surface area contributed by atoms with E-state index in [0.29, 0.717) is 0 Å². The Labute approximate surface area is 122 Å². The highest BCUT2D eigenvalue weighted by molar-refractivity contribution is 9.10. The fraction of sp³-hybridized carbons (Fsp3) is 0.250. The quantitative estimate of drug-likeness (QED) is 0.801. The number of hydrogen-bond acceptors (Lipinski definition) is 2. The van der Waals surface area contributed by atoms with E-state index in [1.54, 1.807) is 0 Å². The van der Waals surface area contributed by atoms with E-state index in [-0.39, 0.29) is 6.61 Å². The molecule has 0 amide bonds. The monoisotopic (exact) mass is 319 g/mol. The van der Waals surface area contributed by atoms with Crippen LogP contribution in [0.4, 0.5) is 0 Å². The van der Waals surface area contributed by atoms with E-state index in [4.69, 9.17) is 5.11 Å². The summed E-state index contributed by atoms with van der Waals surface area (Å²) in [6.07, 6.45) is 1.000. The predicted octanol–water partition coefficient (Wildman–Crippen LogP) is 3.27. The maximum Gasteiger partial charge on any atom is 0.0681 e. The first-order valence-corrected chi connectivity index (χ1v) is 7.21. The minimum atomic E-state index is 0.113. The van der Waals surface area contributed by atoms with Gasteiger partial charge in [0.1, 0.15) is 0 Å². The second-order valence-corrected chi connectivity index (χ2v) is 5.45. The summed E-state index contributed by atoms with van der Waals surface area (Å²) in [4.78, 5) is 0. The lowest BCUT2D eigenvalue weighted by molar-refractivity contribution is 0.282. The summed E-state index contributed by atoms with van der Waals surface area (Å²) >= 11 is 3.47. The van der Waals surface area contributed by atoms with Crippen LogP contribution in [0.25, 0.3) is 0 Å². The van der Waals surface area contributed by atoms with Crippen molar-refractivity contribution in [3.63, 3.8) is 0 Å². The van der Waals surface area contributed by atoms with Gasteiger partial charge in [-0.05, 0) is 41.8 Å². The third kappa shape index (κ3) is 4.78. The second kappa shape index (κ2) is 7.43. The van der Waals surface area contributed by atoms with Crippen molar-refractivity contribution in [1.82, 2.24) is 5.32 Å². The molecule has 0 radical (unpaired) electrons. The summed E-state index contributed by atoms with van der Waals surface area (Å²) in [5, 5.41) is 12.4. The van der Waals surface area contributed by atoms with Crippen molar-refractivity contribution in [1.29, 1.82) is 0 Å². The van der Waals surface area contributed by atoms with Gasteiger partial charge in [0.05, 0.1) is 6.61 Å². The van der Waals surface area contributed by atoms with E-state index in [9.17, 15) is 0 Å². The lowest BCUT2D eigenvalue weighted by atomic mass is 10.1. The van der Waals surface area contributed by atoms with Crippen LogP contribution in [0.5, 0.6) is 0 Å². The average molecular weight is 320 g/mol. The van der Waals surface area contributed by atoms with Gasteiger partial charge in [-0.1, -0.05) is 52.3 Å². The van der Waals surface area contributed by atoms with Crippen molar-refractivity contribution in [3.05, 3.63) is 69.7 Å². The van der Waals surface area contributed by atoms with Crippen LogP contribution in [0, 0.1) is 0 Å². The Morgan fingerprint density at radius 2 is 1.68 bits per heavy atom. The number of aliphatic hydroxyl groups is 1. The zero-order valence-electron chi connectivity index (χ0n) is 10.8. The molecular weight excluding hydrogens is 302 g/mol. The Morgan fingerprint density at radius 1 is 0.947 bits per heavy atom. The van der Waals surface area contributed by atoms with E-state index < -0.39 is 0 Å². The van der Waals surface area contributed by atoms with Crippen LogP contribution in [-0.4, -0.2) is 11.7 Å². The van der Waals surface area contributed by atoms with Crippen molar-refractivity contribution in [2.24, 2.45) is 0 Å². The number of aliphatic hydroxyl groups excluding tert-OH is 1. The van der Waals surface area contributed by atoms with Gasteiger partial charge in [0, 0.05) is 11.0 Å². The van der Waals surface area contributed by atoms with Crippen LogP contribution in [0.2, 0.25) is 0 Å². The van der Waals surface area contributed by atoms with E-state index >= 15 is 0 Å². The molecule has 2 nitrogen and oxygen atoms in total. The molecule has 0 aliphatic heterocycles. The van der Waals surface area contributed by atoms with Crippen LogP contribution in [-0.2, 0) is 19.6 Å². The number of halogens is 1. The SMILES string of the molecule is OCc1ccc(CCNCc2cccc(Br)c2)cc1. The molecular formula is C16H18BrNO. The number of hydrogen-bond donors (Lipinski definition) is 2. The van der Waals surface area contributed by atoms with Gasteiger partial charge in [0.15, 0.2) is 0 Å². The highest BCUT2D eigenvalue weighted by atomic mass is 79.9. The van der Waals surface area contributed by atoms with Crippen molar-refractivity contribution in [2.75, 3.05) is 6.54 Å². The molecule has 2 rings (SSSR count). The lowest BCUT2D eigenvalue weighted by Gasteiger charge is -2.06. The van der Waals surface area contributed by atoms with E-state index in [1.165, 1.54) is 11.1 Å². The molecule has 0 saturated carbocycles. The molecule has 0 aliphatic rings. The topological polar surface area (TPSA) is 32.3 Å². The highest BCUT2D eigenvalue weighted by Crippen LogP contribution is 2.11. The van der Waals surface area contributed by atoms with Crippen LogP contribution in [0.3, 0.4) is 0 Å². The molecule has 0 spiro atoms. The van der Waals surface area contributed by atoms with E-state index in [0.717, 1.165) is 29.5 Å². The summed E-state index contributed by atoms with van der Waals surface area (Å²) in [5.74, 6) is 0. The summed E-state index contributed by atoms with van der Waals surface area (Å²) < 4.78 is 1.12. The minimum absolute atomic E-state index is 0.113. The second-order valence-electron chi connectivity index (χ2n) is 4.53. The fourth-order valence-corrected chi connectivity index (χ4v) is 2.37. The normalized spacial score (nSPS) is 10.6. The number of nitrogens with one attached hydrogen (secondary N) is 1. The van der Waals surface area contributed by atoms with Crippen LogP contribution < -0.4 is 5.32 Å². The molecule has 0 heterocycles. The molecule has 0 unspecified atom stereocenters. The molecule has 2 aromatic carbocycles. The van der Waals surface area contributed by atoms with E-state index in [1.807, 2.05) is 18.2 Å². The molecule has 100 valence electrons. The largest absolute Gasteiger partial charge is 0.392 e. The standard InChI is InChI=1S/C16H18BrNO/c17-16-3-1-2-15(10-16)11-18-9-8-13-4-6-14(12-19)7-5-13/h1-7,10,18-19H,8-9,11-12H2. The number of benzene rings is 2. The van der Waals surface area contributed by atoms with Crippen LogP contribution >= 0.6 is 15.9 Å². The molecule has 0 aromatic heterocycles. The molecule has 2 N–H and O–H groups in total. The van der Waals surface area contributed by atoms with Gasteiger partial charge in [0.25, 0.3) is 0 Å². The zero-order valence-corrected chi connectivity index (χ0v) is 12.4. The van der Waals surface area contributed by atoms with Crippen molar-refractivity contribution in [3.8, 4) is 0 Å². The summed E-state index contributed by atoms with van der Waals surface area (Å²) in [5.41, 5.74) is 3.54.